The lowest BCUT2D eigenvalue weighted by Crippen LogP contribution is -2.43. The minimum Gasteiger partial charge on any atom is -0.381 e. The third-order valence-corrected chi connectivity index (χ3v) is 3.12. The van der Waals surface area contributed by atoms with Crippen molar-refractivity contribution in [2.45, 2.75) is 38.6 Å². The molecule has 2 nitrogen and oxygen atoms in total. The minimum atomic E-state index is 0.181. The van der Waals surface area contributed by atoms with Crippen LogP contribution in [0, 0.1) is 5.92 Å². The average molecular weight is 220 g/mol. The van der Waals surface area contributed by atoms with Gasteiger partial charge in [-0.1, -0.05) is 0 Å². The van der Waals surface area contributed by atoms with E-state index in [4.69, 9.17) is 16.3 Å². The zero-order valence-corrected chi connectivity index (χ0v) is 10.1. The summed E-state index contributed by atoms with van der Waals surface area (Å²) in [6.07, 6.45) is 3.42. The molecule has 84 valence electrons. The largest absolute Gasteiger partial charge is 0.381 e. The number of hydrogen-bond acceptors (Lipinski definition) is 2. The molecule has 14 heavy (non-hydrogen) atoms. The van der Waals surface area contributed by atoms with Gasteiger partial charge in [-0.2, -0.15) is 0 Å². The second-order valence-electron chi connectivity index (χ2n) is 4.76. The third kappa shape index (κ3) is 4.63. The minimum absolute atomic E-state index is 0.181. The van der Waals surface area contributed by atoms with Crippen molar-refractivity contribution < 1.29 is 4.74 Å². The van der Waals surface area contributed by atoms with Gasteiger partial charge in [-0.3, -0.25) is 0 Å². The van der Waals surface area contributed by atoms with Crippen LogP contribution in [0.5, 0.6) is 0 Å². The first-order valence-corrected chi connectivity index (χ1v) is 6.06. The number of nitrogens with one attached hydrogen (secondary N) is 1. The first kappa shape index (κ1) is 12.3. The number of hydrogen-bond donors (Lipinski definition) is 1. The molecule has 1 aliphatic heterocycles. The van der Waals surface area contributed by atoms with Crippen LogP contribution < -0.4 is 5.32 Å². The zero-order valence-electron chi connectivity index (χ0n) is 9.31. The lowest BCUT2D eigenvalue weighted by Gasteiger charge is -2.30. The molecular formula is C11H22ClNO. The van der Waals surface area contributed by atoms with Crippen LogP contribution in [0.3, 0.4) is 0 Å². The highest BCUT2D eigenvalue weighted by Gasteiger charge is 2.19. The number of alkyl halides is 1. The smallest absolute Gasteiger partial charge is 0.0469 e. The summed E-state index contributed by atoms with van der Waals surface area (Å²) in [5, 5.41) is 3.59. The summed E-state index contributed by atoms with van der Waals surface area (Å²) in [7, 11) is 0. The molecule has 1 aliphatic rings. The standard InChI is InChI=1S/C11H22ClNO/c1-11(2,5-6-12)13-9-10-3-7-14-8-4-10/h10,13H,3-9H2,1-2H3. The van der Waals surface area contributed by atoms with Crippen LogP contribution in [0.1, 0.15) is 33.1 Å². The molecule has 0 radical (unpaired) electrons. The van der Waals surface area contributed by atoms with Crippen LogP contribution in [0.4, 0.5) is 0 Å². The third-order valence-electron chi connectivity index (χ3n) is 2.93. The van der Waals surface area contributed by atoms with Gasteiger partial charge >= 0.3 is 0 Å². The van der Waals surface area contributed by atoms with Crippen LogP contribution in [0.2, 0.25) is 0 Å². The van der Waals surface area contributed by atoms with Gasteiger partial charge in [0.05, 0.1) is 0 Å². The van der Waals surface area contributed by atoms with Crippen LogP contribution in [0.15, 0.2) is 0 Å². The van der Waals surface area contributed by atoms with Gasteiger partial charge in [0.1, 0.15) is 0 Å². The van der Waals surface area contributed by atoms with Crippen LogP contribution in [-0.2, 0) is 4.74 Å². The van der Waals surface area contributed by atoms with Crippen molar-refractivity contribution in [1.29, 1.82) is 0 Å². The molecule has 0 saturated carbocycles. The van der Waals surface area contributed by atoms with Gasteiger partial charge in [-0.15, -0.1) is 11.6 Å². The van der Waals surface area contributed by atoms with Gasteiger partial charge in [0.25, 0.3) is 0 Å². The van der Waals surface area contributed by atoms with Gasteiger partial charge < -0.3 is 10.1 Å². The summed E-state index contributed by atoms with van der Waals surface area (Å²) >= 11 is 5.75. The Balaban J connectivity index is 2.17. The first-order chi connectivity index (χ1) is 6.64. The highest BCUT2D eigenvalue weighted by atomic mass is 35.5. The monoisotopic (exact) mass is 219 g/mol. The molecule has 1 saturated heterocycles. The van der Waals surface area contributed by atoms with Crippen molar-refractivity contribution in [2.24, 2.45) is 5.92 Å². The van der Waals surface area contributed by atoms with E-state index in [1.807, 2.05) is 0 Å². The van der Waals surface area contributed by atoms with Gasteiger partial charge in [0.15, 0.2) is 0 Å². The first-order valence-electron chi connectivity index (χ1n) is 5.53. The van der Waals surface area contributed by atoms with Gasteiger partial charge in [0.2, 0.25) is 0 Å². The van der Waals surface area contributed by atoms with E-state index in [9.17, 15) is 0 Å². The Hall–Kier alpha value is 0.210. The molecule has 1 rings (SSSR count). The zero-order chi connectivity index (χ0) is 10.4. The second-order valence-corrected chi connectivity index (χ2v) is 5.14. The molecule has 3 heteroatoms. The van der Waals surface area contributed by atoms with E-state index >= 15 is 0 Å². The summed E-state index contributed by atoms with van der Waals surface area (Å²) in [4.78, 5) is 0. The highest BCUT2D eigenvalue weighted by Crippen LogP contribution is 2.16. The lowest BCUT2D eigenvalue weighted by atomic mass is 9.96. The van der Waals surface area contributed by atoms with Crippen LogP contribution >= 0.6 is 11.6 Å². The van der Waals surface area contributed by atoms with Crippen molar-refractivity contribution in [3.63, 3.8) is 0 Å². The molecule has 1 heterocycles. The lowest BCUT2D eigenvalue weighted by molar-refractivity contribution is 0.0640. The quantitative estimate of drug-likeness (QED) is 0.718. The predicted octanol–water partition coefficient (Wildman–Crippen LogP) is 2.41. The Morgan fingerprint density at radius 1 is 1.36 bits per heavy atom. The maximum absolute atomic E-state index is 5.75. The van der Waals surface area contributed by atoms with Crippen molar-refractivity contribution >= 4 is 11.6 Å². The molecule has 0 unspecified atom stereocenters. The summed E-state index contributed by atoms with van der Waals surface area (Å²) in [6, 6.07) is 0. The highest BCUT2D eigenvalue weighted by molar-refractivity contribution is 6.17. The Labute approximate surface area is 92.3 Å². The second kappa shape index (κ2) is 5.94. The molecular weight excluding hydrogens is 198 g/mol. The summed E-state index contributed by atoms with van der Waals surface area (Å²) in [5.41, 5.74) is 0.181. The normalized spacial score (nSPS) is 19.9. The van der Waals surface area contributed by atoms with E-state index in [2.05, 4.69) is 19.2 Å². The van der Waals surface area contributed by atoms with Crippen molar-refractivity contribution in [3.05, 3.63) is 0 Å². The number of ether oxygens (including phenoxy) is 1. The molecule has 0 aromatic rings. The molecule has 0 bridgehead atoms. The molecule has 0 aromatic carbocycles. The van der Waals surface area contributed by atoms with Crippen LogP contribution in [-0.4, -0.2) is 31.2 Å². The molecule has 1 fully saturated rings. The van der Waals surface area contributed by atoms with E-state index in [1.54, 1.807) is 0 Å². The van der Waals surface area contributed by atoms with E-state index in [-0.39, 0.29) is 5.54 Å². The maximum Gasteiger partial charge on any atom is 0.0469 e. The summed E-state index contributed by atoms with van der Waals surface area (Å²) in [6.45, 7) is 7.40. The fourth-order valence-electron chi connectivity index (χ4n) is 1.70. The molecule has 0 aliphatic carbocycles. The van der Waals surface area contributed by atoms with Crippen LogP contribution in [0.25, 0.3) is 0 Å². The van der Waals surface area contributed by atoms with Gasteiger partial charge in [-0.25, -0.2) is 0 Å². The Bertz CT molecular complexity index is 155. The Kier molecular flexibility index (Phi) is 5.21. The van der Waals surface area contributed by atoms with Gasteiger partial charge in [-0.05, 0) is 45.6 Å². The average Bonchev–Trinajstić information content (AvgIpc) is 2.17. The van der Waals surface area contributed by atoms with E-state index in [1.165, 1.54) is 12.8 Å². The molecule has 0 aromatic heterocycles. The molecule has 0 amide bonds. The molecule has 0 spiro atoms. The number of halogens is 1. The fourth-order valence-corrected chi connectivity index (χ4v) is 2.17. The van der Waals surface area contributed by atoms with E-state index in [0.29, 0.717) is 0 Å². The molecule has 0 atom stereocenters. The van der Waals surface area contributed by atoms with Crippen molar-refractivity contribution in [3.8, 4) is 0 Å². The van der Waals surface area contributed by atoms with Gasteiger partial charge in [0, 0.05) is 24.6 Å². The van der Waals surface area contributed by atoms with E-state index in [0.717, 1.165) is 38.0 Å². The van der Waals surface area contributed by atoms with E-state index < -0.39 is 0 Å². The Morgan fingerprint density at radius 2 is 2.00 bits per heavy atom. The summed E-state index contributed by atoms with van der Waals surface area (Å²) in [5.74, 6) is 1.52. The molecule has 1 N–H and O–H groups in total. The topological polar surface area (TPSA) is 21.3 Å². The van der Waals surface area contributed by atoms with Crippen molar-refractivity contribution in [2.75, 3.05) is 25.6 Å². The SMILES string of the molecule is CC(C)(CCCl)NCC1CCOCC1. The predicted molar refractivity (Wildman–Crippen MR) is 61.0 cm³/mol. The van der Waals surface area contributed by atoms with Crippen molar-refractivity contribution in [1.82, 2.24) is 5.32 Å². The summed E-state index contributed by atoms with van der Waals surface area (Å²) < 4.78 is 5.33. The Morgan fingerprint density at radius 3 is 2.57 bits per heavy atom. The number of rotatable bonds is 5. The fraction of sp³-hybridized carbons (Fsp3) is 1.00. The maximum atomic E-state index is 5.75.